The molecule has 0 aliphatic carbocycles. The summed E-state index contributed by atoms with van der Waals surface area (Å²) in [6.07, 6.45) is 3.52. The number of carbonyl (C=O) groups excluding carboxylic acids is 1. The van der Waals surface area contributed by atoms with Gasteiger partial charge in [-0.15, -0.1) is 0 Å². The molecule has 1 amide bonds. The van der Waals surface area contributed by atoms with Crippen molar-refractivity contribution in [2.24, 2.45) is 0 Å². The lowest BCUT2D eigenvalue weighted by molar-refractivity contribution is 0.0962. The Morgan fingerprint density at radius 1 is 1.11 bits per heavy atom. The summed E-state index contributed by atoms with van der Waals surface area (Å²) in [6.45, 7) is 7.99. The second kappa shape index (κ2) is 7.53. The number of aromatic nitrogens is 5. The summed E-state index contributed by atoms with van der Waals surface area (Å²) >= 11 is 0. The van der Waals surface area contributed by atoms with Crippen molar-refractivity contribution in [3.8, 4) is 11.4 Å². The van der Waals surface area contributed by atoms with Crippen LogP contribution in [0.15, 0.2) is 30.6 Å². The first-order valence-corrected chi connectivity index (χ1v) is 8.74. The summed E-state index contributed by atoms with van der Waals surface area (Å²) in [5.74, 6) is 1.78. The summed E-state index contributed by atoms with van der Waals surface area (Å²) in [5, 5.41) is 5.70. The number of rotatable bonds is 5. The van der Waals surface area contributed by atoms with E-state index in [1.54, 1.807) is 32.3 Å². The molecule has 0 fully saturated rings. The van der Waals surface area contributed by atoms with Gasteiger partial charge in [0.2, 0.25) is 5.95 Å². The van der Waals surface area contributed by atoms with E-state index in [1.165, 1.54) is 0 Å². The molecule has 0 saturated carbocycles. The van der Waals surface area contributed by atoms with E-state index >= 15 is 0 Å². The van der Waals surface area contributed by atoms with Crippen LogP contribution in [0.3, 0.4) is 0 Å². The van der Waals surface area contributed by atoms with Crippen LogP contribution in [0.25, 0.3) is 11.4 Å². The maximum Gasteiger partial charge on any atom is 0.252 e. The van der Waals surface area contributed by atoms with Crippen LogP contribution in [0.2, 0.25) is 0 Å². The maximum atomic E-state index is 11.8. The van der Waals surface area contributed by atoms with Crippen molar-refractivity contribution in [1.29, 1.82) is 0 Å². The number of aryl methyl sites for hydroxylation is 2. The number of nitrogens with one attached hydrogen (secondary N) is 2. The van der Waals surface area contributed by atoms with Crippen LogP contribution < -0.4 is 10.6 Å². The number of imidazole rings is 1. The molecule has 0 saturated heterocycles. The number of nitrogens with zero attached hydrogens (tertiary/aromatic N) is 5. The fraction of sp³-hybridized carbons (Fsp3) is 0.316. The molecular weight excluding hydrogens is 342 g/mol. The summed E-state index contributed by atoms with van der Waals surface area (Å²) in [7, 11) is 1.59. The largest absolute Gasteiger partial charge is 0.355 e. The zero-order valence-corrected chi connectivity index (χ0v) is 16.1. The molecule has 8 nitrogen and oxygen atoms in total. The molecular formula is C19H23N7O. The lowest BCUT2D eigenvalue weighted by Crippen LogP contribution is -2.19. The molecule has 0 aliphatic rings. The van der Waals surface area contributed by atoms with Gasteiger partial charge in [-0.1, -0.05) is 0 Å². The van der Waals surface area contributed by atoms with Gasteiger partial charge in [0.15, 0.2) is 0 Å². The van der Waals surface area contributed by atoms with Crippen LogP contribution in [-0.2, 0) is 0 Å². The predicted molar refractivity (Wildman–Crippen MR) is 104 cm³/mol. The summed E-state index contributed by atoms with van der Waals surface area (Å²) < 4.78 is 2.13. The lowest BCUT2D eigenvalue weighted by atomic mass is 10.2. The van der Waals surface area contributed by atoms with E-state index in [2.05, 4.69) is 49.0 Å². The number of carbonyl (C=O) groups is 1. The third-order valence-corrected chi connectivity index (χ3v) is 4.21. The van der Waals surface area contributed by atoms with Crippen LogP contribution in [0.4, 0.5) is 11.8 Å². The van der Waals surface area contributed by atoms with E-state index in [4.69, 9.17) is 0 Å². The number of anilines is 2. The highest BCUT2D eigenvalue weighted by atomic mass is 16.1. The first-order chi connectivity index (χ1) is 12.9. The molecule has 3 heterocycles. The Balaban J connectivity index is 1.89. The number of pyridine rings is 1. The monoisotopic (exact) mass is 365 g/mol. The Morgan fingerprint density at radius 3 is 2.56 bits per heavy atom. The topological polar surface area (TPSA) is 97.6 Å². The normalized spacial score (nSPS) is 10.9. The van der Waals surface area contributed by atoms with Gasteiger partial charge in [-0.3, -0.25) is 4.79 Å². The third-order valence-electron chi connectivity index (χ3n) is 4.21. The molecule has 140 valence electrons. The van der Waals surface area contributed by atoms with Gasteiger partial charge in [-0.05, 0) is 45.9 Å². The molecule has 27 heavy (non-hydrogen) atoms. The summed E-state index contributed by atoms with van der Waals surface area (Å²) in [4.78, 5) is 29.5. The molecule has 3 rings (SSSR count). The maximum absolute atomic E-state index is 11.8. The molecule has 0 unspecified atom stereocenters. The highest BCUT2D eigenvalue weighted by Gasteiger charge is 2.14. The minimum atomic E-state index is -0.165. The Morgan fingerprint density at radius 2 is 1.89 bits per heavy atom. The van der Waals surface area contributed by atoms with Gasteiger partial charge >= 0.3 is 0 Å². The standard InChI is InChI=1S/C19H23N7O/c1-11(2)26-13(4)22-10-16(26)15-8-9-21-19(24-15)25-17-7-6-14(12(3)23-17)18(27)20-5/h6-11H,1-5H3,(H,20,27)(H,21,23,24,25). The molecule has 0 aromatic carbocycles. The molecule has 2 N–H and O–H groups in total. The first-order valence-electron chi connectivity index (χ1n) is 8.74. The lowest BCUT2D eigenvalue weighted by Gasteiger charge is -2.14. The van der Waals surface area contributed by atoms with Crippen LogP contribution in [0, 0.1) is 13.8 Å². The Bertz CT molecular complexity index is 978. The van der Waals surface area contributed by atoms with Crippen molar-refractivity contribution < 1.29 is 4.79 Å². The average Bonchev–Trinajstić information content (AvgIpc) is 3.03. The van der Waals surface area contributed by atoms with Gasteiger partial charge in [-0.25, -0.2) is 19.9 Å². The Labute approximate surface area is 158 Å². The number of hydrogen-bond acceptors (Lipinski definition) is 6. The van der Waals surface area contributed by atoms with Gasteiger partial charge in [0, 0.05) is 19.3 Å². The molecule has 0 atom stereocenters. The summed E-state index contributed by atoms with van der Waals surface area (Å²) in [5.41, 5.74) is 2.88. The quantitative estimate of drug-likeness (QED) is 0.721. The Hall–Kier alpha value is -3.29. The smallest absolute Gasteiger partial charge is 0.252 e. The molecule has 0 aliphatic heterocycles. The highest BCUT2D eigenvalue weighted by Crippen LogP contribution is 2.24. The molecule has 0 spiro atoms. The number of hydrogen-bond donors (Lipinski definition) is 2. The molecule has 8 heteroatoms. The second-order valence-corrected chi connectivity index (χ2v) is 6.45. The van der Waals surface area contributed by atoms with Gasteiger partial charge in [0.1, 0.15) is 11.6 Å². The zero-order chi connectivity index (χ0) is 19.6. The fourth-order valence-corrected chi connectivity index (χ4v) is 2.98. The van der Waals surface area contributed by atoms with Crippen LogP contribution in [-0.4, -0.2) is 37.5 Å². The van der Waals surface area contributed by atoms with Crippen molar-refractivity contribution >= 4 is 17.7 Å². The summed E-state index contributed by atoms with van der Waals surface area (Å²) in [6, 6.07) is 5.59. The first kappa shape index (κ1) is 18.5. The minimum absolute atomic E-state index is 0.165. The van der Waals surface area contributed by atoms with E-state index in [0.29, 0.717) is 23.0 Å². The van der Waals surface area contributed by atoms with E-state index in [0.717, 1.165) is 17.2 Å². The van der Waals surface area contributed by atoms with Gasteiger partial charge in [-0.2, -0.15) is 0 Å². The molecule has 0 bridgehead atoms. The van der Waals surface area contributed by atoms with Crippen LogP contribution in [0.1, 0.15) is 41.8 Å². The molecule has 0 radical (unpaired) electrons. The van der Waals surface area contributed by atoms with Crippen molar-refractivity contribution in [2.75, 3.05) is 12.4 Å². The van der Waals surface area contributed by atoms with Crippen molar-refractivity contribution in [1.82, 2.24) is 29.8 Å². The van der Waals surface area contributed by atoms with E-state index in [-0.39, 0.29) is 11.9 Å². The third kappa shape index (κ3) is 3.79. The van der Waals surface area contributed by atoms with Gasteiger partial charge in [0.25, 0.3) is 5.91 Å². The second-order valence-electron chi connectivity index (χ2n) is 6.45. The van der Waals surface area contributed by atoms with Gasteiger partial charge in [0.05, 0.1) is 28.8 Å². The van der Waals surface area contributed by atoms with Crippen molar-refractivity contribution in [3.05, 3.63) is 47.7 Å². The van der Waals surface area contributed by atoms with E-state index < -0.39 is 0 Å². The fourth-order valence-electron chi connectivity index (χ4n) is 2.98. The van der Waals surface area contributed by atoms with Crippen molar-refractivity contribution in [3.63, 3.8) is 0 Å². The molecule has 3 aromatic rings. The minimum Gasteiger partial charge on any atom is -0.355 e. The Kier molecular flexibility index (Phi) is 5.16. The van der Waals surface area contributed by atoms with Crippen LogP contribution in [0.5, 0.6) is 0 Å². The number of amides is 1. The molecule has 3 aromatic heterocycles. The van der Waals surface area contributed by atoms with Crippen molar-refractivity contribution in [2.45, 2.75) is 33.7 Å². The van der Waals surface area contributed by atoms with E-state index in [9.17, 15) is 4.79 Å². The average molecular weight is 365 g/mol. The highest BCUT2D eigenvalue weighted by molar-refractivity contribution is 5.95. The van der Waals surface area contributed by atoms with Crippen LogP contribution >= 0.6 is 0 Å². The predicted octanol–water partition coefficient (Wildman–Crippen LogP) is 3.04. The zero-order valence-electron chi connectivity index (χ0n) is 16.1. The SMILES string of the molecule is CNC(=O)c1ccc(Nc2nccc(-c3cnc(C)n3C(C)C)n2)nc1C. The van der Waals surface area contributed by atoms with E-state index in [1.807, 2.05) is 19.2 Å². The van der Waals surface area contributed by atoms with Gasteiger partial charge < -0.3 is 15.2 Å².